The molecule has 3 aliphatic rings. The van der Waals surface area contributed by atoms with Gasteiger partial charge < -0.3 is 9.64 Å². The van der Waals surface area contributed by atoms with E-state index in [4.69, 9.17) is 9.73 Å². The quantitative estimate of drug-likeness (QED) is 0.696. The Morgan fingerprint density at radius 3 is 2.93 bits per heavy atom. The lowest BCUT2D eigenvalue weighted by Gasteiger charge is -2.35. The molecule has 0 aromatic heterocycles. The molecular weight excluding hydrogens is 413 g/mol. The van der Waals surface area contributed by atoms with E-state index in [9.17, 15) is 4.39 Å². The van der Waals surface area contributed by atoms with Gasteiger partial charge in [0.25, 0.3) is 0 Å². The number of amidine groups is 2. The number of anilines is 2. The molecule has 0 spiro atoms. The predicted octanol–water partition coefficient (Wildman–Crippen LogP) is 3.41. The number of nitrogens with zero attached hydrogens (tertiary/aromatic N) is 4. The Bertz CT molecular complexity index is 992. The molecular formula is C19H17BrFN5O. The van der Waals surface area contributed by atoms with Crippen molar-refractivity contribution in [1.82, 2.24) is 5.43 Å². The molecule has 27 heavy (non-hydrogen) atoms. The monoisotopic (exact) mass is 429 g/mol. The normalized spacial score (nSPS) is 20.8. The van der Waals surface area contributed by atoms with Crippen molar-refractivity contribution in [2.45, 2.75) is 19.8 Å². The van der Waals surface area contributed by atoms with Gasteiger partial charge in [-0.3, -0.25) is 10.3 Å². The third-order valence-electron chi connectivity index (χ3n) is 5.00. The van der Waals surface area contributed by atoms with E-state index in [0.717, 1.165) is 27.2 Å². The standard InChI is InChI=1S/C19H17BrFN5O/c1-11-23-24-19-22-18(17-14(21)5-3-7-16(17)26(11)19)25-8-9-27-10-12-13(20)4-2-6-15(12)25/h2-7,19,24H,8-10H2,1H3. The van der Waals surface area contributed by atoms with Gasteiger partial charge in [0, 0.05) is 22.3 Å². The molecule has 138 valence electrons. The summed E-state index contributed by atoms with van der Waals surface area (Å²) in [5.41, 5.74) is 6.28. The van der Waals surface area contributed by atoms with Crippen molar-refractivity contribution in [2.75, 3.05) is 23.0 Å². The minimum Gasteiger partial charge on any atom is -0.375 e. The third kappa shape index (κ3) is 2.55. The first-order chi connectivity index (χ1) is 13.1. The number of ether oxygens (including phenoxy) is 1. The first kappa shape index (κ1) is 16.7. The molecule has 0 radical (unpaired) electrons. The molecule has 8 heteroatoms. The lowest BCUT2D eigenvalue weighted by molar-refractivity contribution is 0.133. The van der Waals surface area contributed by atoms with Crippen LogP contribution in [0.2, 0.25) is 0 Å². The summed E-state index contributed by atoms with van der Waals surface area (Å²) in [4.78, 5) is 8.78. The lowest BCUT2D eigenvalue weighted by Crippen LogP contribution is -2.47. The van der Waals surface area contributed by atoms with Gasteiger partial charge in [-0.15, -0.1) is 0 Å². The van der Waals surface area contributed by atoms with Gasteiger partial charge in [0.05, 0.1) is 24.5 Å². The topological polar surface area (TPSA) is 52.5 Å². The molecule has 1 unspecified atom stereocenters. The number of hydrazone groups is 1. The van der Waals surface area contributed by atoms with Gasteiger partial charge in [0.2, 0.25) is 6.29 Å². The van der Waals surface area contributed by atoms with Crippen molar-refractivity contribution < 1.29 is 9.13 Å². The van der Waals surface area contributed by atoms with Gasteiger partial charge in [-0.05, 0) is 31.2 Å². The maximum absolute atomic E-state index is 15.0. The van der Waals surface area contributed by atoms with Crippen LogP contribution in [0, 0.1) is 5.82 Å². The summed E-state index contributed by atoms with van der Waals surface area (Å²) in [6.07, 6.45) is -0.380. The van der Waals surface area contributed by atoms with Crippen LogP contribution in [0.4, 0.5) is 15.8 Å². The summed E-state index contributed by atoms with van der Waals surface area (Å²) < 4.78 is 21.7. The third-order valence-corrected chi connectivity index (χ3v) is 5.74. The van der Waals surface area contributed by atoms with E-state index in [1.54, 1.807) is 6.07 Å². The van der Waals surface area contributed by atoms with Crippen LogP contribution in [0.15, 0.2) is 51.0 Å². The van der Waals surface area contributed by atoms with Crippen molar-refractivity contribution >= 4 is 39.0 Å². The number of nitrogens with one attached hydrogen (secondary N) is 1. The van der Waals surface area contributed by atoms with Crippen LogP contribution < -0.4 is 15.2 Å². The molecule has 5 rings (SSSR count). The SMILES string of the molecule is CC1=NNC2N=C(N3CCOCc4c(Br)cccc43)c3c(F)cccc3N12. The van der Waals surface area contributed by atoms with Crippen molar-refractivity contribution in [1.29, 1.82) is 0 Å². The Morgan fingerprint density at radius 1 is 1.22 bits per heavy atom. The molecule has 2 aromatic carbocycles. The smallest absolute Gasteiger partial charge is 0.218 e. The highest BCUT2D eigenvalue weighted by Gasteiger charge is 2.37. The zero-order chi connectivity index (χ0) is 18.5. The Kier molecular flexibility index (Phi) is 3.91. The molecule has 6 nitrogen and oxygen atoms in total. The number of hydrogen-bond acceptors (Lipinski definition) is 6. The highest BCUT2D eigenvalue weighted by atomic mass is 79.9. The van der Waals surface area contributed by atoms with Crippen LogP contribution in [0.3, 0.4) is 0 Å². The van der Waals surface area contributed by atoms with Gasteiger partial charge in [0.15, 0.2) is 0 Å². The maximum atomic E-state index is 15.0. The second-order valence-corrected chi connectivity index (χ2v) is 7.41. The summed E-state index contributed by atoms with van der Waals surface area (Å²) >= 11 is 3.61. The van der Waals surface area contributed by atoms with Crippen LogP contribution in [0.5, 0.6) is 0 Å². The first-order valence-corrected chi connectivity index (χ1v) is 9.53. The first-order valence-electron chi connectivity index (χ1n) is 8.73. The Labute approximate surface area is 164 Å². The largest absolute Gasteiger partial charge is 0.375 e. The molecule has 3 aliphatic heterocycles. The van der Waals surface area contributed by atoms with E-state index < -0.39 is 0 Å². The van der Waals surface area contributed by atoms with Crippen molar-refractivity contribution in [3.63, 3.8) is 0 Å². The number of aliphatic imine (C=N–C) groups is 1. The Hall–Kier alpha value is -2.45. The van der Waals surface area contributed by atoms with Gasteiger partial charge in [0.1, 0.15) is 17.5 Å². The zero-order valence-corrected chi connectivity index (χ0v) is 16.2. The molecule has 3 heterocycles. The van der Waals surface area contributed by atoms with Crippen molar-refractivity contribution in [3.05, 3.63) is 57.8 Å². The van der Waals surface area contributed by atoms with Gasteiger partial charge in [-0.25, -0.2) is 9.38 Å². The van der Waals surface area contributed by atoms with Gasteiger partial charge in [-0.2, -0.15) is 5.10 Å². The number of hydrogen-bond donors (Lipinski definition) is 1. The number of fused-ring (bicyclic) bond motifs is 4. The average Bonchev–Trinajstić information content (AvgIpc) is 2.90. The maximum Gasteiger partial charge on any atom is 0.218 e. The van der Waals surface area contributed by atoms with Gasteiger partial charge >= 0.3 is 0 Å². The Morgan fingerprint density at radius 2 is 2.04 bits per heavy atom. The molecule has 0 fully saturated rings. The van der Waals surface area contributed by atoms with Crippen molar-refractivity contribution in [3.8, 4) is 0 Å². The van der Waals surface area contributed by atoms with Crippen LogP contribution in [-0.2, 0) is 11.3 Å². The molecule has 0 saturated carbocycles. The van der Waals surface area contributed by atoms with E-state index in [-0.39, 0.29) is 12.1 Å². The lowest BCUT2D eigenvalue weighted by atomic mass is 10.1. The second kappa shape index (κ2) is 6.31. The van der Waals surface area contributed by atoms with Crippen molar-refractivity contribution in [2.24, 2.45) is 10.1 Å². The highest BCUT2D eigenvalue weighted by molar-refractivity contribution is 9.10. The predicted molar refractivity (Wildman–Crippen MR) is 107 cm³/mol. The fraction of sp³-hybridized carbons (Fsp3) is 0.263. The highest BCUT2D eigenvalue weighted by Crippen LogP contribution is 2.37. The zero-order valence-electron chi connectivity index (χ0n) is 14.6. The summed E-state index contributed by atoms with van der Waals surface area (Å²) in [6, 6.07) is 11.1. The second-order valence-electron chi connectivity index (χ2n) is 6.56. The summed E-state index contributed by atoms with van der Waals surface area (Å²) in [7, 11) is 0. The Balaban J connectivity index is 1.71. The molecule has 0 bridgehead atoms. The summed E-state index contributed by atoms with van der Waals surface area (Å²) in [5, 5.41) is 4.28. The fourth-order valence-corrected chi connectivity index (χ4v) is 4.24. The van der Waals surface area contributed by atoms with E-state index in [2.05, 4.69) is 26.5 Å². The van der Waals surface area contributed by atoms with Gasteiger partial charge in [-0.1, -0.05) is 28.1 Å². The van der Waals surface area contributed by atoms with Crippen LogP contribution in [0.1, 0.15) is 18.1 Å². The molecule has 0 amide bonds. The number of benzene rings is 2. The minimum absolute atomic E-state index is 0.300. The number of rotatable bonds is 0. The van der Waals surface area contributed by atoms with E-state index in [1.807, 2.05) is 41.0 Å². The molecule has 0 saturated heterocycles. The average molecular weight is 430 g/mol. The molecule has 1 atom stereocenters. The molecule has 0 aliphatic carbocycles. The van der Waals surface area contributed by atoms with Crippen LogP contribution in [0.25, 0.3) is 0 Å². The van der Waals surface area contributed by atoms with E-state index >= 15 is 0 Å². The molecule has 2 aromatic rings. The van der Waals surface area contributed by atoms with Crippen LogP contribution in [-0.4, -0.2) is 31.1 Å². The van der Waals surface area contributed by atoms with Crippen LogP contribution >= 0.6 is 15.9 Å². The fourth-order valence-electron chi connectivity index (χ4n) is 3.77. The minimum atomic E-state index is -0.380. The summed E-state index contributed by atoms with van der Waals surface area (Å²) in [6.45, 7) is 3.50. The molecule has 1 N–H and O–H groups in total. The van der Waals surface area contributed by atoms with E-state index in [0.29, 0.717) is 31.2 Å². The summed E-state index contributed by atoms with van der Waals surface area (Å²) in [5.74, 6) is 1.05. The van der Waals surface area contributed by atoms with E-state index in [1.165, 1.54) is 6.07 Å². The number of halogens is 2.